The first kappa shape index (κ1) is 14.8. The van der Waals surface area contributed by atoms with Crippen LogP contribution in [-0.2, 0) is 0 Å². The molecule has 5 heteroatoms. The average molecular weight is 331 g/mol. The molecule has 20 heavy (non-hydrogen) atoms. The lowest BCUT2D eigenvalue weighted by Gasteiger charge is -2.38. The molecule has 2 aliphatic rings. The zero-order valence-electron chi connectivity index (χ0n) is 11.5. The van der Waals surface area contributed by atoms with Crippen LogP contribution in [0.2, 0.25) is 10.0 Å². The van der Waals surface area contributed by atoms with Crippen molar-refractivity contribution in [1.82, 2.24) is 4.72 Å². The number of rotatable bonds is 1. The average Bonchev–Trinajstić information content (AvgIpc) is 2.40. The van der Waals surface area contributed by atoms with Crippen LogP contribution >= 0.6 is 35.1 Å². The molecule has 0 spiro atoms. The van der Waals surface area contributed by atoms with Crippen molar-refractivity contribution < 1.29 is 0 Å². The predicted molar refractivity (Wildman–Crippen MR) is 88.9 cm³/mol. The van der Waals surface area contributed by atoms with Crippen LogP contribution < -0.4 is 9.62 Å². The Hall–Kier alpha value is -0.0900. The molecule has 1 aromatic rings. The van der Waals surface area contributed by atoms with Gasteiger partial charge in [-0.15, -0.1) is 0 Å². The number of halogens is 2. The molecule has 0 bridgehead atoms. The lowest BCUT2D eigenvalue weighted by molar-refractivity contribution is 0.426. The molecular formula is C15H20Cl2N2S. The molecule has 1 N–H and O–H groups in total. The normalized spacial score (nSPS) is 21.2. The first-order valence-electron chi connectivity index (χ1n) is 7.41. The van der Waals surface area contributed by atoms with Gasteiger partial charge in [0, 0.05) is 10.9 Å². The highest BCUT2D eigenvalue weighted by molar-refractivity contribution is 7.97. The number of fused-ring (bicyclic) bond motifs is 1. The zero-order chi connectivity index (χ0) is 13.9. The van der Waals surface area contributed by atoms with Gasteiger partial charge in [-0.2, -0.15) is 0 Å². The maximum absolute atomic E-state index is 6.22. The molecule has 1 aromatic carbocycles. The van der Waals surface area contributed by atoms with Gasteiger partial charge in [-0.3, -0.25) is 0 Å². The lowest BCUT2D eigenvalue weighted by atomic mass is 9.95. The Morgan fingerprint density at radius 3 is 2.40 bits per heavy atom. The highest BCUT2D eigenvalue weighted by Gasteiger charge is 2.25. The standard InChI is InChI=1S/C15H20Cl2N2S/c16-12-8-14-15(9-13(12)17)20-18-10-19(14)11-6-4-2-1-3-5-7-11/h8-9,11,18H,1-7,10H2. The van der Waals surface area contributed by atoms with Crippen LogP contribution in [0, 0.1) is 0 Å². The first-order valence-corrected chi connectivity index (χ1v) is 8.98. The number of hydrogen-bond acceptors (Lipinski definition) is 3. The fourth-order valence-electron chi connectivity index (χ4n) is 3.16. The van der Waals surface area contributed by atoms with Gasteiger partial charge in [0.2, 0.25) is 0 Å². The van der Waals surface area contributed by atoms with E-state index in [1.54, 1.807) is 11.9 Å². The molecule has 1 heterocycles. The molecule has 0 amide bonds. The van der Waals surface area contributed by atoms with Gasteiger partial charge in [0.15, 0.2) is 0 Å². The fraction of sp³-hybridized carbons (Fsp3) is 0.600. The second kappa shape index (κ2) is 6.78. The highest BCUT2D eigenvalue weighted by atomic mass is 35.5. The Balaban J connectivity index is 1.86. The van der Waals surface area contributed by atoms with Gasteiger partial charge >= 0.3 is 0 Å². The van der Waals surface area contributed by atoms with E-state index in [-0.39, 0.29) is 0 Å². The van der Waals surface area contributed by atoms with Crippen molar-refractivity contribution in [3.63, 3.8) is 0 Å². The second-order valence-electron chi connectivity index (χ2n) is 5.61. The van der Waals surface area contributed by atoms with Crippen molar-refractivity contribution in [3.05, 3.63) is 22.2 Å². The lowest BCUT2D eigenvalue weighted by Crippen LogP contribution is -2.43. The number of anilines is 1. The van der Waals surface area contributed by atoms with Gasteiger partial charge in [0.1, 0.15) is 0 Å². The largest absolute Gasteiger partial charge is 0.354 e. The molecule has 110 valence electrons. The third-order valence-corrected chi connectivity index (χ3v) is 5.79. The molecule has 1 aliphatic carbocycles. The van der Waals surface area contributed by atoms with Crippen molar-refractivity contribution in [1.29, 1.82) is 0 Å². The van der Waals surface area contributed by atoms with Crippen molar-refractivity contribution in [2.75, 3.05) is 11.6 Å². The molecule has 1 saturated carbocycles. The SMILES string of the molecule is Clc1cc2c(cc1Cl)N(C1CCCCCCC1)CNS2. The van der Waals surface area contributed by atoms with Crippen molar-refractivity contribution in [3.8, 4) is 0 Å². The van der Waals surface area contributed by atoms with E-state index >= 15 is 0 Å². The Kier molecular flexibility index (Phi) is 5.03. The summed E-state index contributed by atoms with van der Waals surface area (Å²) >= 11 is 14.0. The Morgan fingerprint density at radius 1 is 1.00 bits per heavy atom. The van der Waals surface area contributed by atoms with Gasteiger partial charge < -0.3 is 4.90 Å². The molecule has 0 saturated heterocycles. The summed E-state index contributed by atoms with van der Waals surface area (Å²) in [5, 5.41) is 1.29. The molecule has 3 rings (SSSR count). The summed E-state index contributed by atoms with van der Waals surface area (Å²) in [4.78, 5) is 3.67. The maximum Gasteiger partial charge on any atom is 0.0781 e. The zero-order valence-corrected chi connectivity index (χ0v) is 13.8. The van der Waals surface area contributed by atoms with Gasteiger partial charge in [0.25, 0.3) is 0 Å². The first-order chi connectivity index (χ1) is 9.75. The predicted octanol–water partition coefficient (Wildman–Crippen LogP) is 5.48. The third-order valence-electron chi connectivity index (χ3n) is 4.24. The summed E-state index contributed by atoms with van der Waals surface area (Å²) < 4.78 is 3.41. The smallest absolute Gasteiger partial charge is 0.0781 e. The topological polar surface area (TPSA) is 15.3 Å². The minimum absolute atomic E-state index is 0.625. The summed E-state index contributed by atoms with van der Waals surface area (Å²) in [7, 11) is 0. The number of hydrogen-bond donors (Lipinski definition) is 1. The van der Waals surface area contributed by atoms with Crippen LogP contribution in [0.3, 0.4) is 0 Å². The summed E-state index contributed by atoms with van der Waals surface area (Å²) in [5.74, 6) is 0. The van der Waals surface area contributed by atoms with Crippen molar-refractivity contribution >= 4 is 40.8 Å². The van der Waals surface area contributed by atoms with Crippen LogP contribution in [0.1, 0.15) is 44.9 Å². The van der Waals surface area contributed by atoms with Gasteiger partial charge in [-0.05, 0) is 36.9 Å². The quantitative estimate of drug-likeness (QED) is 0.686. The van der Waals surface area contributed by atoms with Crippen LogP contribution in [0.25, 0.3) is 0 Å². The minimum atomic E-state index is 0.625. The Morgan fingerprint density at radius 2 is 1.65 bits per heavy atom. The third kappa shape index (κ3) is 3.22. The fourth-order valence-corrected chi connectivity index (χ4v) is 4.36. The van der Waals surface area contributed by atoms with E-state index in [0.717, 1.165) is 6.67 Å². The van der Waals surface area contributed by atoms with Gasteiger partial charge in [0.05, 0.1) is 22.4 Å². The minimum Gasteiger partial charge on any atom is -0.354 e. The van der Waals surface area contributed by atoms with E-state index in [9.17, 15) is 0 Å². The summed E-state index contributed by atoms with van der Waals surface area (Å²) in [6, 6.07) is 4.64. The highest BCUT2D eigenvalue weighted by Crippen LogP contribution is 2.40. The molecule has 0 radical (unpaired) electrons. The summed E-state index contributed by atoms with van der Waals surface area (Å²) in [6.45, 7) is 0.889. The summed E-state index contributed by atoms with van der Waals surface area (Å²) in [5.41, 5.74) is 1.24. The number of benzene rings is 1. The van der Waals surface area contributed by atoms with Crippen LogP contribution in [0.4, 0.5) is 5.69 Å². The van der Waals surface area contributed by atoms with Gasteiger partial charge in [-0.25, -0.2) is 4.72 Å². The molecular weight excluding hydrogens is 311 g/mol. The van der Waals surface area contributed by atoms with Crippen LogP contribution in [-0.4, -0.2) is 12.7 Å². The Bertz CT molecular complexity index is 473. The second-order valence-corrected chi connectivity index (χ2v) is 7.35. The van der Waals surface area contributed by atoms with E-state index in [0.29, 0.717) is 16.1 Å². The Labute approximate surface area is 135 Å². The molecule has 1 aliphatic heterocycles. The van der Waals surface area contributed by atoms with Gasteiger partial charge in [-0.1, -0.05) is 55.3 Å². The van der Waals surface area contributed by atoms with E-state index in [1.807, 2.05) is 12.1 Å². The number of nitrogens with one attached hydrogen (secondary N) is 1. The molecule has 1 fully saturated rings. The molecule has 0 unspecified atom stereocenters. The maximum atomic E-state index is 6.22. The van der Waals surface area contributed by atoms with Crippen molar-refractivity contribution in [2.24, 2.45) is 0 Å². The van der Waals surface area contributed by atoms with E-state index in [1.165, 1.54) is 55.5 Å². The van der Waals surface area contributed by atoms with E-state index < -0.39 is 0 Å². The molecule has 2 nitrogen and oxygen atoms in total. The van der Waals surface area contributed by atoms with E-state index in [2.05, 4.69) is 9.62 Å². The molecule has 0 atom stereocenters. The summed E-state index contributed by atoms with van der Waals surface area (Å²) in [6.07, 6.45) is 9.40. The van der Waals surface area contributed by atoms with Crippen LogP contribution in [0.15, 0.2) is 17.0 Å². The van der Waals surface area contributed by atoms with E-state index in [4.69, 9.17) is 23.2 Å². The molecule has 0 aromatic heterocycles. The van der Waals surface area contributed by atoms with Crippen LogP contribution in [0.5, 0.6) is 0 Å². The monoisotopic (exact) mass is 330 g/mol. The number of nitrogens with zero attached hydrogens (tertiary/aromatic N) is 1. The van der Waals surface area contributed by atoms with Crippen molar-refractivity contribution in [2.45, 2.75) is 55.9 Å².